The fraction of sp³-hybridized carbons (Fsp3) is 0.200. The van der Waals surface area contributed by atoms with E-state index in [0.717, 1.165) is 5.56 Å². The van der Waals surface area contributed by atoms with E-state index in [2.05, 4.69) is 11.6 Å². The van der Waals surface area contributed by atoms with Crippen LogP contribution in [0.15, 0.2) is 55.4 Å². The van der Waals surface area contributed by atoms with Crippen LogP contribution < -0.4 is 4.31 Å². The van der Waals surface area contributed by atoms with Crippen molar-refractivity contribution in [1.82, 2.24) is 4.98 Å². The van der Waals surface area contributed by atoms with Crippen LogP contribution in [0, 0.1) is 14.4 Å². The number of aromatic nitrogens is 1. The predicted octanol–water partition coefficient (Wildman–Crippen LogP) is 4.58. The fourth-order valence-corrected chi connectivity index (χ4v) is 4.48. The third-order valence-electron chi connectivity index (χ3n) is 3.77. The first-order valence-corrected chi connectivity index (χ1v) is 9.49. The van der Waals surface area contributed by atoms with Gasteiger partial charge in [-0.1, -0.05) is 44.2 Å². The van der Waals surface area contributed by atoms with Gasteiger partial charge in [-0.25, -0.2) is 8.42 Å². The molecule has 0 fully saturated rings. The molecule has 143 valence electrons. The number of aliphatic hydroxyl groups is 1. The molecular weight excluding hydrogens is 437 g/mol. The zero-order valence-electron chi connectivity index (χ0n) is 16.2. The molecule has 7 heteroatoms. The SMILES string of the molecule is C=CCN1c2ccncc2C(O)=C(c2ccccc2C)S1(=O)=O.CC.[CH3-].[Y]. The van der Waals surface area contributed by atoms with Gasteiger partial charge >= 0.3 is 0 Å². The first-order valence-electron chi connectivity index (χ1n) is 8.05. The molecule has 2 aromatic rings. The second-order valence-corrected chi connectivity index (χ2v) is 7.01. The van der Waals surface area contributed by atoms with Gasteiger partial charge in [-0.05, 0) is 18.6 Å². The van der Waals surface area contributed by atoms with E-state index in [-0.39, 0.29) is 57.3 Å². The molecule has 5 nitrogen and oxygen atoms in total. The number of anilines is 1. The van der Waals surface area contributed by atoms with Gasteiger partial charge in [0.15, 0.2) is 0 Å². The fourth-order valence-electron chi connectivity index (χ4n) is 2.68. The molecule has 1 radical (unpaired) electrons. The molecular formula is C20H25N2O3SY-. The quantitative estimate of drug-likeness (QED) is 0.536. The summed E-state index contributed by atoms with van der Waals surface area (Å²) in [5.41, 5.74) is 2.04. The Balaban J connectivity index is 0.00000164. The third-order valence-corrected chi connectivity index (χ3v) is 5.62. The van der Waals surface area contributed by atoms with Crippen molar-refractivity contribution in [3.8, 4) is 0 Å². The summed E-state index contributed by atoms with van der Waals surface area (Å²) in [6.45, 7) is 9.55. The Bertz CT molecular complexity index is 924. The molecule has 1 aromatic carbocycles. The van der Waals surface area contributed by atoms with Crippen molar-refractivity contribution in [3.63, 3.8) is 0 Å². The van der Waals surface area contributed by atoms with E-state index in [1.165, 1.54) is 22.8 Å². The molecule has 0 unspecified atom stereocenters. The van der Waals surface area contributed by atoms with Gasteiger partial charge in [0.05, 0.1) is 17.8 Å². The van der Waals surface area contributed by atoms with E-state index in [1.54, 1.807) is 18.2 Å². The molecule has 1 aromatic heterocycles. The Hall–Kier alpha value is -1.50. The van der Waals surface area contributed by atoms with Crippen LogP contribution in [-0.4, -0.2) is 25.1 Å². The maximum Gasteiger partial charge on any atom is 0.268 e. The molecule has 0 amide bonds. The normalized spacial score (nSPS) is 14.0. The molecule has 0 spiro atoms. The van der Waals surface area contributed by atoms with Gasteiger partial charge in [0.25, 0.3) is 10.0 Å². The van der Waals surface area contributed by atoms with Gasteiger partial charge in [-0.3, -0.25) is 9.29 Å². The average Bonchev–Trinajstić information content (AvgIpc) is 2.62. The van der Waals surface area contributed by atoms with E-state index in [0.29, 0.717) is 16.8 Å². The second-order valence-electron chi connectivity index (χ2n) is 5.21. The summed E-state index contributed by atoms with van der Waals surface area (Å²) < 4.78 is 27.4. The van der Waals surface area contributed by atoms with Crippen molar-refractivity contribution in [2.45, 2.75) is 20.8 Å². The molecule has 1 aliphatic heterocycles. The molecule has 1 aliphatic rings. The molecule has 1 N–H and O–H groups in total. The van der Waals surface area contributed by atoms with Crippen LogP contribution in [0.1, 0.15) is 30.5 Å². The molecule has 2 heterocycles. The van der Waals surface area contributed by atoms with Crippen LogP contribution in [0.25, 0.3) is 10.7 Å². The van der Waals surface area contributed by atoms with Crippen molar-refractivity contribution in [3.05, 3.63) is 79.5 Å². The van der Waals surface area contributed by atoms with Gasteiger partial charge < -0.3 is 12.5 Å². The smallest absolute Gasteiger partial charge is 0.268 e. The molecule has 27 heavy (non-hydrogen) atoms. The maximum absolute atomic E-state index is 13.1. The van der Waals surface area contributed by atoms with Gasteiger partial charge in [0.1, 0.15) is 10.7 Å². The van der Waals surface area contributed by atoms with E-state index in [1.807, 2.05) is 32.9 Å². The van der Waals surface area contributed by atoms with E-state index >= 15 is 0 Å². The Labute approximate surface area is 187 Å². The van der Waals surface area contributed by atoms with E-state index in [9.17, 15) is 13.5 Å². The number of hydrogen-bond acceptors (Lipinski definition) is 4. The first kappa shape index (κ1) is 25.5. The van der Waals surface area contributed by atoms with Crippen molar-refractivity contribution < 1.29 is 46.2 Å². The number of benzene rings is 1. The largest absolute Gasteiger partial charge is 0.506 e. The van der Waals surface area contributed by atoms with E-state index in [4.69, 9.17) is 0 Å². The van der Waals surface area contributed by atoms with Crippen LogP contribution in [0.2, 0.25) is 0 Å². The number of rotatable bonds is 3. The molecule has 0 aliphatic carbocycles. The van der Waals surface area contributed by atoms with Crippen molar-refractivity contribution in [2.24, 2.45) is 0 Å². The Morgan fingerprint density at radius 3 is 2.41 bits per heavy atom. The number of fused-ring (bicyclic) bond motifs is 1. The average molecular weight is 462 g/mol. The van der Waals surface area contributed by atoms with Crippen LogP contribution in [0.4, 0.5) is 5.69 Å². The summed E-state index contributed by atoms with van der Waals surface area (Å²) in [6.07, 6.45) is 4.48. The van der Waals surface area contributed by atoms with Crippen LogP contribution in [0.3, 0.4) is 0 Å². The number of aliphatic hydroxyl groups excluding tert-OH is 1. The van der Waals surface area contributed by atoms with Gasteiger partial charge in [0.2, 0.25) is 0 Å². The Kier molecular flexibility index (Phi) is 10.1. The predicted molar refractivity (Wildman–Crippen MR) is 109 cm³/mol. The molecule has 3 rings (SSSR count). The molecule has 0 saturated heterocycles. The summed E-state index contributed by atoms with van der Waals surface area (Å²) in [7, 11) is -3.90. The van der Waals surface area contributed by atoms with Crippen LogP contribution in [-0.2, 0) is 42.7 Å². The minimum Gasteiger partial charge on any atom is -0.506 e. The molecule has 0 saturated carbocycles. The zero-order valence-corrected chi connectivity index (χ0v) is 19.8. The monoisotopic (exact) mass is 462 g/mol. The van der Waals surface area contributed by atoms with Crippen LogP contribution >= 0.6 is 0 Å². The summed E-state index contributed by atoms with van der Waals surface area (Å²) >= 11 is 0. The van der Waals surface area contributed by atoms with Crippen LogP contribution in [0.5, 0.6) is 0 Å². The van der Waals surface area contributed by atoms with Gasteiger partial charge in [-0.2, -0.15) is 0 Å². The standard InChI is InChI=1S/C17H16N2O3S.C2H6.CH3.Y/c1-3-10-19-15-8-9-18-11-14(15)16(20)17(23(19,21)22)13-7-5-4-6-12(13)2;1-2;;/h3-9,11,20H,1,10H2,2H3;1-2H3;1H3;/q;;-1;. The number of aryl methyl sites for hydroxylation is 1. The van der Waals surface area contributed by atoms with Crippen molar-refractivity contribution in [1.29, 1.82) is 0 Å². The maximum atomic E-state index is 13.1. The van der Waals surface area contributed by atoms with Gasteiger partial charge in [-0.15, -0.1) is 6.58 Å². The third kappa shape index (κ3) is 4.68. The Morgan fingerprint density at radius 1 is 1.19 bits per heavy atom. The molecule has 0 atom stereocenters. The topological polar surface area (TPSA) is 70.5 Å². The zero-order chi connectivity index (χ0) is 18.6. The minimum atomic E-state index is -3.90. The van der Waals surface area contributed by atoms with E-state index < -0.39 is 10.0 Å². The summed E-state index contributed by atoms with van der Waals surface area (Å²) in [4.78, 5) is 3.90. The van der Waals surface area contributed by atoms with Crippen molar-refractivity contribution in [2.75, 3.05) is 10.8 Å². The van der Waals surface area contributed by atoms with Gasteiger partial charge in [0, 0.05) is 50.7 Å². The number of hydrogen-bond donors (Lipinski definition) is 1. The van der Waals surface area contributed by atoms with Crippen molar-refractivity contribution >= 4 is 26.4 Å². The summed E-state index contributed by atoms with van der Waals surface area (Å²) in [5, 5.41) is 10.6. The number of pyridine rings is 1. The number of sulfonamides is 1. The summed E-state index contributed by atoms with van der Waals surface area (Å²) in [5.74, 6) is -0.275. The summed E-state index contributed by atoms with van der Waals surface area (Å²) in [6, 6.07) is 8.63. The first-order chi connectivity index (χ1) is 12.0. The number of nitrogens with zero attached hydrogens (tertiary/aromatic N) is 2. The molecule has 0 bridgehead atoms. The minimum absolute atomic E-state index is 0. The second kappa shape index (κ2) is 10.7. The Morgan fingerprint density at radius 2 is 1.81 bits per heavy atom.